The van der Waals surface area contributed by atoms with Gasteiger partial charge in [0.15, 0.2) is 17.3 Å². The zero-order valence-corrected chi connectivity index (χ0v) is 23.6. The van der Waals surface area contributed by atoms with Crippen LogP contribution in [0.5, 0.6) is 0 Å². The molecule has 1 unspecified atom stereocenters. The molecule has 1 aliphatic heterocycles. The molecule has 0 bridgehead atoms. The van der Waals surface area contributed by atoms with Gasteiger partial charge in [-0.1, -0.05) is 47.6 Å². The van der Waals surface area contributed by atoms with Crippen molar-refractivity contribution in [3.63, 3.8) is 0 Å². The number of benzene rings is 1. The van der Waals surface area contributed by atoms with Crippen LogP contribution in [0, 0.1) is 5.41 Å². The standard InChI is InChI=1S/C28H27ClN6OS2/c1-33(38(2)36)27-24(29)21(9-12-30-27)37-22-7-8-23-32-25(20-17-31-26(22)35(20)23)34-13-10-28(11-14-34)15-18-5-3-4-6-19(18)16-28/h3-9,12,17H,10-11,13-16H2,1-2H3. The second-order valence-corrected chi connectivity index (χ2v) is 13.2. The molecule has 5 heterocycles. The van der Waals surface area contributed by atoms with Crippen LogP contribution in [0.4, 0.5) is 11.6 Å². The molecule has 0 N–H and O–H groups in total. The van der Waals surface area contributed by atoms with Crippen molar-refractivity contribution >= 4 is 62.8 Å². The van der Waals surface area contributed by atoms with E-state index in [-0.39, 0.29) is 0 Å². The Balaban J connectivity index is 1.16. The van der Waals surface area contributed by atoms with E-state index in [1.807, 2.05) is 12.3 Å². The first-order valence-electron chi connectivity index (χ1n) is 12.7. The molecule has 7 nitrogen and oxygen atoms in total. The van der Waals surface area contributed by atoms with Crippen LogP contribution in [0.15, 0.2) is 64.6 Å². The number of piperidine rings is 1. The van der Waals surface area contributed by atoms with E-state index < -0.39 is 11.0 Å². The molecule has 0 radical (unpaired) electrons. The second-order valence-electron chi connectivity index (χ2n) is 10.4. The van der Waals surface area contributed by atoms with Crippen molar-refractivity contribution in [3.05, 3.63) is 71.0 Å². The molecule has 1 aromatic carbocycles. The molecular formula is C28H27ClN6OS2. The van der Waals surface area contributed by atoms with Crippen molar-refractivity contribution in [2.75, 3.05) is 35.6 Å². The van der Waals surface area contributed by atoms with Gasteiger partial charge in [-0.2, -0.15) is 0 Å². The summed E-state index contributed by atoms with van der Waals surface area (Å²) in [4.78, 5) is 18.4. The van der Waals surface area contributed by atoms with Crippen molar-refractivity contribution in [1.82, 2.24) is 19.4 Å². The molecule has 5 aromatic rings. The van der Waals surface area contributed by atoms with E-state index in [4.69, 9.17) is 21.6 Å². The Morgan fingerprint density at radius 1 is 1.03 bits per heavy atom. The maximum absolute atomic E-state index is 12.0. The Labute approximate surface area is 233 Å². The van der Waals surface area contributed by atoms with E-state index in [2.05, 4.69) is 50.7 Å². The summed E-state index contributed by atoms with van der Waals surface area (Å²) < 4.78 is 15.7. The van der Waals surface area contributed by atoms with Gasteiger partial charge in [0.1, 0.15) is 22.1 Å². The number of pyridine rings is 2. The van der Waals surface area contributed by atoms with E-state index in [0.29, 0.717) is 16.3 Å². The van der Waals surface area contributed by atoms with Gasteiger partial charge in [-0.05, 0) is 60.4 Å². The van der Waals surface area contributed by atoms with Gasteiger partial charge in [0.05, 0.1) is 16.1 Å². The molecule has 7 rings (SSSR count). The fourth-order valence-corrected chi connectivity index (χ4v) is 7.76. The Morgan fingerprint density at radius 3 is 2.47 bits per heavy atom. The van der Waals surface area contributed by atoms with Crippen molar-refractivity contribution in [2.24, 2.45) is 5.41 Å². The van der Waals surface area contributed by atoms with Gasteiger partial charge in [-0.3, -0.25) is 8.71 Å². The topological polar surface area (TPSA) is 66.6 Å². The molecule has 1 fully saturated rings. The zero-order valence-electron chi connectivity index (χ0n) is 21.2. The van der Waals surface area contributed by atoms with Crippen LogP contribution < -0.4 is 9.21 Å². The quantitative estimate of drug-likeness (QED) is 0.276. The van der Waals surface area contributed by atoms with E-state index in [0.717, 1.165) is 45.5 Å². The number of hydrogen-bond acceptors (Lipinski definition) is 6. The van der Waals surface area contributed by atoms with Gasteiger partial charge in [0, 0.05) is 37.5 Å². The van der Waals surface area contributed by atoms with Crippen molar-refractivity contribution in [2.45, 2.75) is 35.5 Å². The summed E-state index contributed by atoms with van der Waals surface area (Å²) in [5.74, 6) is 1.52. The number of fused-ring (bicyclic) bond motifs is 1. The van der Waals surface area contributed by atoms with E-state index >= 15 is 0 Å². The summed E-state index contributed by atoms with van der Waals surface area (Å²) in [6.07, 6.45) is 10.0. The van der Waals surface area contributed by atoms with Gasteiger partial charge in [-0.15, -0.1) is 0 Å². The fraction of sp³-hybridized carbons (Fsp3) is 0.321. The molecule has 1 spiro atoms. The Kier molecular flexibility index (Phi) is 5.79. The maximum Gasteiger partial charge on any atom is 0.160 e. The van der Waals surface area contributed by atoms with Crippen LogP contribution in [0.2, 0.25) is 5.02 Å². The predicted molar refractivity (Wildman–Crippen MR) is 155 cm³/mol. The molecule has 2 aliphatic rings. The van der Waals surface area contributed by atoms with E-state index in [9.17, 15) is 4.21 Å². The van der Waals surface area contributed by atoms with Crippen molar-refractivity contribution in [3.8, 4) is 0 Å². The van der Waals surface area contributed by atoms with Crippen LogP contribution in [0.3, 0.4) is 0 Å². The zero-order chi connectivity index (χ0) is 26.0. The number of hydrogen-bond donors (Lipinski definition) is 0. The Hall–Kier alpha value is -2.88. The second kappa shape index (κ2) is 9.10. The average molecular weight is 563 g/mol. The summed E-state index contributed by atoms with van der Waals surface area (Å²) in [5.41, 5.74) is 6.27. The number of aromatic nitrogens is 4. The van der Waals surface area contributed by atoms with E-state index in [1.165, 1.54) is 48.6 Å². The van der Waals surface area contributed by atoms with E-state index in [1.54, 1.807) is 23.8 Å². The lowest BCUT2D eigenvalue weighted by Crippen LogP contribution is -2.40. The van der Waals surface area contributed by atoms with Crippen LogP contribution in [0.25, 0.3) is 16.8 Å². The first kappa shape index (κ1) is 24.2. The highest BCUT2D eigenvalue weighted by molar-refractivity contribution is 7.99. The van der Waals surface area contributed by atoms with Crippen LogP contribution in [0.1, 0.15) is 24.0 Å². The van der Waals surface area contributed by atoms with Gasteiger partial charge < -0.3 is 4.90 Å². The average Bonchev–Trinajstić information content (AvgIpc) is 3.62. The fourth-order valence-electron chi connectivity index (χ4n) is 6.05. The summed E-state index contributed by atoms with van der Waals surface area (Å²) in [6.45, 7) is 2.02. The Bertz CT molecular complexity index is 1670. The smallest absolute Gasteiger partial charge is 0.160 e. The van der Waals surface area contributed by atoms with Gasteiger partial charge in [0.25, 0.3) is 0 Å². The lowest BCUT2D eigenvalue weighted by molar-refractivity contribution is 0.232. The normalized spacial score (nSPS) is 17.5. The number of halogens is 1. The maximum atomic E-state index is 12.0. The molecule has 1 aliphatic carbocycles. The van der Waals surface area contributed by atoms with Crippen LogP contribution in [-0.2, 0) is 23.8 Å². The Morgan fingerprint density at radius 2 is 1.76 bits per heavy atom. The first-order chi connectivity index (χ1) is 18.4. The third kappa shape index (κ3) is 3.86. The third-order valence-corrected chi connectivity index (χ3v) is 10.7. The molecule has 10 heteroatoms. The molecule has 0 saturated carbocycles. The van der Waals surface area contributed by atoms with Crippen molar-refractivity contribution < 1.29 is 4.21 Å². The summed E-state index contributed by atoms with van der Waals surface area (Å²) in [5, 5.41) is 0.479. The molecule has 4 aromatic heterocycles. The predicted octanol–water partition coefficient (Wildman–Crippen LogP) is 5.64. The number of imidazole rings is 2. The number of anilines is 2. The van der Waals surface area contributed by atoms with Crippen molar-refractivity contribution in [1.29, 1.82) is 0 Å². The third-order valence-electron chi connectivity index (χ3n) is 8.16. The van der Waals surface area contributed by atoms with Gasteiger partial charge in [-0.25, -0.2) is 19.2 Å². The number of rotatable bonds is 5. The summed E-state index contributed by atoms with van der Waals surface area (Å²) in [6, 6.07) is 14.9. The SMILES string of the molecule is CN(c1nccc(Sc2ccc3nc(N4CCC5(CC4)Cc4ccccc4C5)c4cnc2n34)c1Cl)S(C)=O. The van der Waals surface area contributed by atoms with Gasteiger partial charge in [0.2, 0.25) is 0 Å². The van der Waals surface area contributed by atoms with Crippen LogP contribution in [-0.4, -0.2) is 50.0 Å². The lowest BCUT2D eigenvalue weighted by Gasteiger charge is -2.39. The highest BCUT2D eigenvalue weighted by Gasteiger charge is 2.40. The largest absolute Gasteiger partial charge is 0.355 e. The minimum atomic E-state index is -1.22. The number of nitrogens with zero attached hydrogens (tertiary/aromatic N) is 6. The monoisotopic (exact) mass is 562 g/mol. The molecule has 1 saturated heterocycles. The highest BCUT2D eigenvalue weighted by atomic mass is 35.5. The van der Waals surface area contributed by atoms with Gasteiger partial charge >= 0.3 is 0 Å². The molecular weight excluding hydrogens is 536 g/mol. The summed E-state index contributed by atoms with van der Waals surface area (Å²) in [7, 11) is 0.505. The minimum Gasteiger partial charge on any atom is -0.355 e. The molecule has 194 valence electrons. The van der Waals surface area contributed by atoms with Crippen LogP contribution >= 0.6 is 23.4 Å². The first-order valence-corrected chi connectivity index (χ1v) is 15.4. The molecule has 38 heavy (non-hydrogen) atoms. The minimum absolute atomic E-state index is 0.393. The molecule has 0 amide bonds. The molecule has 1 atom stereocenters. The summed E-state index contributed by atoms with van der Waals surface area (Å²) >= 11 is 8.22. The highest BCUT2D eigenvalue weighted by Crippen LogP contribution is 2.46. The lowest BCUT2D eigenvalue weighted by atomic mass is 9.76.